The fourth-order valence-electron chi connectivity index (χ4n) is 2.29. The molecule has 0 aliphatic heterocycles. The largest absolute Gasteiger partial charge is 0.508 e. The number of nitrogens with zero attached hydrogens (tertiary/aromatic N) is 1. The monoisotopic (exact) mass is 344 g/mol. The van der Waals surface area contributed by atoms with Crippen LogP contribution in [0.3, 0.4) is 0 Å². The van der Waals surface area contributed by atoms with Crippen molar-refractivity contribution in [2.24, 2.45) is 5.10 Å². The molecule has 25 heavy (non-hydrogen) atoms. The number of ether oxygens (including phenoxy) is 3. The van der Waals surface area contributed by atoms with Crippen LogP contribution in [0.15, 0.2) is 41.5 Å². The number of amides is 1. The molecule has 0 bridgehead atoms. The second-order valence-corrected chi connectivity index (χ2v) is 5.05. The van der Waals surface area contributed by atoms with Gasteiger partial charge in [-0.2, -0.15) is 5.10 Å². The zero-order valence-corrected chi connectivity index (χ0v) is 14.3. The van der Waals surface area contributed by atoms with Gasteiger partial charge in [-0.15, -0.1) is 0 Å². The molecule has 0 aliphatic rings. The molecule has 0 aliphatic carbocycles. The molecule has 2 aromatic carbocycles. The minimum absolute atomic E-state index is 0.0863. The summed E-state index contributed by atoms with van der Waals surface area (Å²) in [5, 5.41) is 13.3. The number of rotatable bonds is 7. The Morgan fingerprint density at radius 1 is 1.12 bits per heavy atom. The molecular weight excluding hydrogens is 324 g/mol. The van der Waals surface area contributed by atoms with Gasteiger partial charge in [0.15, 0.2) is 11.5 Å². The van der Waals surface area contributed by atoms with Crippen LogP contribution < -0.4 is 19.6 Å². The lowest BCUT2D eigenvalue weighted by atomic mass is 10.1. The zero-order valence-electron chi connectivity index (χ0n) is 14.3. The molecule has 7 nitrogen and oxygen atoms in total. The van der Waals surface area contributed by atoms with E-state index in [0.29, 0.717) is 28.4 Å². The number of carbonyl (C=O) groups is 1. The van der Waals surface area contributed by atoms with Gasteiger partial charge in [-0.1, -0.05) is 12.1 Å². The van der Waals surface area contributed by atoms with E-state index in [-0.39, 0.29) is 18.1 Å². The predicted molar refractivity (Wildman–Crippen MR) is 93.6 cm³/mol. The van der Waals surface area contributed by atoms with Gasteiger partial charge in [0.2, 0.25) is 5.91 Å². The van der Waals surface area contributed by atoms with Crippen LogP contribution in [-0.4, -0.2) is 38.6 Å². The first-order chi connectivity index (χ1) is 12.1. The first-order valence-electron chi connectivity index (χ1n) is 7.47. The third-order valence-corrected chi connectivity index (χ3v) is 3.45. The third kappa shape index (κ3) is 4.63. The number of hydrazone groups is 1. The van der Waals surface area contributed by atoms with Crippen LogP contribution >= 0.6 is 0 Å². The van der Waals surface area contributed by atoms with Gasteiger partial charge in [0.05, 0.1) is 34.0 Å². The summed E-state index contributed by atoms with van der Waals surface area (Å²) in [7, 11) is 4.55. The van der Waals surface area contributed by atoms with Gasteiger partial charge in [0, 0.05) is 17.2 Å². The van der Waals surface area contributed by atoms with Crippen LogP contribution in [0.25, 0.3) is 0 Å². The van der Waals surface area contributed by atoms with Crippen molar-refractivity contribution in [3.05, 3.63) is 47.5 Å². The van der Waals surface area contributed by atoms with Crippen molar-refractivity contribution >= 4 is 12.1 Å². The Labute approximate surface area is 145 Å². The van der Waals surface area contributed by atoms with E-state index in [4.69, 9.17) is 14.2 Å². The molecule has 1 amide bonds. The average molecular weight is 344 g/mol. The molecule has 0 radical (unpaired) electrons. The number of carbonyl (C=O) groups excluding carboxylic acids is 1. The summed E-state index contributed by atoms with van der Waals surface area (Å²) in [5.41, 5.74) is 3.77. The number of hydrogen-bond acceptors (Lipinski definition) is 6. The van der Waals surface area contributed by atoms with Gasteiger partial charge in [-0.05, 0) is 18.2 Å². The minimum atomic E-state index is -0.305. The maximum absolute atomic E-state index is 12.1. The molecule has 0 unspecified atom stereocenters. The molecule has 7 heteroatoms. The van der Waals surface area contributed by atoms with Crippen molar-refractivity contribution < 1.29 is 24.1 Å². The smallest absolute Gasteiger partial charge is 0.244 e. The maximum Gasteiger partial charge on any atom is 0.244 e. The molecule has 2 N–H and O–H groups in total. The lowest BCUT2D eigenvalue weighted by Crippen LogP contribution is -2.20. The highest BCUT2D eigenvalue weighted by Crippen LogP contribution is 2.30. The number of benzene rings is 2. The van der Waals surface area contributed by atoms with Crippen molar-refractivity contribution in [3.8, 4) is 23.0 Å². The number of aromatic hydroxyl groups is 1. The fraction of sp³-hybridized carbons (Fsp3) is 0.222. The highest BCUT2D eigenvalue weighted by molar-refractivity contribution is 5.86. The van der Waals surface area contributed by atoms with Crippen LogP contribution in [0.2, 0.25) is 0 Å². The van der Waals surface area contributed by atoms with Crippen LogP contribution in [0.1, 0.15) is 11.1 Å². The van der Waals surface area contributed by atoms with Crippen LogP contribution in [0.5, 0.6) is 23.0 Å². The van der Waals surface area contributed by atoms with Gasteiger partial charge >= 0.3 is 0 Å². The lowest BCUT2D eigenvalue weighted by molar-refractivity contribution is -0.120. The molecule has 2 rings (SSSR count). The van der Waals surface area contributed by atoms with Crippen molar-refractivity contribution in [1.82, 2.24) is 5.43 Å². The molecule has 0 spiro atoms. The van der Waals surface area contributed by atoms with E-state index in [1.807, 2.05) is 0 Å². The van der Waals surface area contributed by atoms with E-state index in [1.165, 1.54) is 39.7 Å². The van der Waals surface area contributed by atoms with Crippen LogP contribution in [0.4, 0.5) is 0 Å². The summed E-state index contributed by atoms with van der Waals surface area (Å²) in [6, 6.07) is 9.93. The lowest BCUT2D eigenvalue weighted by Gasteiger charge is -2.11. The average Bonchev–Trinajstić information content (AvgIpc) is 2.62. The van der Waals surface area contributed by atoms with Crippen molar-refractivity contribution in [2.45, 2.75) is 6.42 Å². The van der Waals surface area contributed by atoms with Gasteiger partial charge in [0.25, 0.3) is 0 Å². The SMILES string of the molecule is COc1cc(O)ccc1/C=N/NC(=O)Cc1cccc(OC)c1OC. The molecule has 0 aromatic heterocycles. The molecule has 0 heterocycles. The number of hydrogen-bond donors (Lipinski definition) is 2. The number of nitrogens with one attached hydrogen (secondary N) is 1. The van der Waals surface area contributed by atoms with E-state index in [2.05, 4.69) is 10.5 Å². The Morgan fingerprint density at radius 2 is 1.88 bits per heavy atom. The van der Waals surface area contributed by atoms with Crippen molar-refractivity contribution in [3.63, 3.8) is 0 Å². The molecule has 2 aromatic rings. The molecule has 0 saturated heterocycles. The fourth-order valence-corrected chi connectivity index (χ4v) is 2.29. The predicted octanol–water partition coefficient (Wildman–Crippen LogP) is 2.11. The molecule has 0 saturated carbocycles. The van der Waals surface area contributed by atoms with E-state index in [1.54, 1.807) is 24.3 Å². The summed E-state index contributed by atoms with van der Waals surface area (Å²) < 4.78 is 15.7. The quantitative estimate of drug-likeness (QED) is 0.593. The number of methoxy groups -OCH3 is 3. The summed E-state index contributed by atoms with van der Waals surface area (Å²) in [6.07, 6.45) is 1.53. The Bertz CT molecular complexity index is 774. The Kier molecular flexibility index (Phi) is 6.22. The molecular formula is C18H20N2O5. The Balaban J connectivity index is 2.04. The molecule has 0 fully saturated rings. The normalized spacial score (nSPS) is 10.5. The standard InChI is InChI=1S/C18H20N2O5/c1-23-15-6-4-5-12(18(15)25-3)9-17(22)20-19-11-13-7-8-14(21)10-16(13)24-2/h4-8,10-11,21H,9H2,1-3H3,(H,20,22)/b19-11+. The molecule has 0 atom stereocenters. The van der Waals surface area contributed by atoms with Gasteiger partial charge in [-0.3, -0.25) is 4.79 Å². The number of phenolic OH excluding ortho intramolecular Hbond substituents is 1. The molecule has 132 valence electrons. The van der Waals surface area contributed by atoms with Crippen LogP contribution in [-0.2, 0) is 11.2 Å². The van der Waals surface area contributed by atoms with Gasteiger partial charge in [0.1, 0.15) is 11.5 Å². The first-order valence-corrected chi connectivity index (χ1v) is 7.47. The van der Waals surface area contributed by atoms with Crippen LogP contribution in [0, 0.1) is 0 Å². The van der Waals surface area contributed by atoms with Gasteiger partial charge in [-0.25, -0.2) is 5.43 Å². The summed E-state index contributed by atoms with van der Waals surface area (Å²) >= 11 is 0. The van der Waals surface area contributed by atoms with E-state index in [0.717, 1.165) is 0 Å². The minimum Gasteiger partial charge on any atom is -0.508 e. The summed E-state index contributed by atoms with van der Waals surface area (Å²) in [6.45, 7) is 0. The number of phenols is 1. The summed E-state index contributed by atoms with van der Waals surface area (Å²) in [5.74, 6) is 1.31. The second-order valence-electron chi connectivity index (χ2n) is 5.05. The van der Waals surface area contributed by atoms with E-state index in [9.17, 15) is 9.90 Å². The topological polar surface area (TPSA) is 89.4 Å². The Hall–Kier alpha value is -3.22. The first kappa shape index (κ1) is 18.1. The van der Waals surface area contributed by atoms with E-state index < -0.39 is 0 Å². The van der Waals surface area contributed by atoms with Crippen molar-refractivity contribution in [1.29, 1.82) is 0 Å². The van der Waals surface area contributed by atoms with E-state index >= 15 is 0 Å². The maximum atomic E-state index is 12.1. The Morgan fingerprint density at radius 3 is 2.56 bits per heavy atom. The number of para-hydroxylation sites is 1. The zero-order chi connectivity index (χ0) is 18.2. The highest BCUT2D eigenvalue weighted by atomic mass is 16.5. The highest BCUT2D eigenvalue weighted by Gasteiger charge is 2.12. The van der Waals surface area contributed by atoms with Crippen molar-refractivity contribution in [2.75, 3.05) is 21.3 Å². The summed E-state index contributed by atoms with van der Waals surface area (Å²) in [4.78, 5) is 12.1. The third-order valence-electron chi connectivity index (χ3n) is 3.45. The second kappa shape index (κ2) is 8.58. The van der Waals surface area contributed by atoms with Gasteiger partial charge < -0.3 is 19.3 Å².